The molecule has 1 unspecified atom stereocenters. The van der Waals surface area contributed by atoms with Crippen molar-refractivity contribution in [2.45, 2.75) is 13.0 Å². The van der Waals surface area contributed by atoms with Crippen molar-refractivity contribution in [3.8, 4) is 0 Å². The molecular weight excluding hydrogens is 264 g/mol. The van der Waals surface area contributed by atoms with E-state index in [4.69, 9.17) is 11.6 Å². The summed E-state index contributed by atoms with van der Waals surface area (Å²) in [4.78, 5) is 15.7. The lowest BCUT2D eigenvalue weighted by molar-refractivity contribution is -0.117. The van der Waals surface area contributed by atoms with Crippen LogP contribution in [0.3, 0.4) is 0 Å². The first-order valence-corrected chi connectivity index (χ1v) is 6.13. The molecule has 0 spiro atoms. The molecule has 0 bridgehead atoms. The van der Waals surface area contributed by atoms with Crippen LogP contribution in [0.2, 0.25) is 5.02 Å². The van der Waals surface area contributed by atoms with Crippen LogP contribution in [0, 0.1) is 0 Å². The van der Waals surface area contributed by atoms with E-state index < -0.39 is 0 Å². The van der Waals surface area contributed by atoms with Gasteiger partial charge in [-0.25, -0.2) is 4.98 Å². The van der Waals surface area contributed by atoms with Gasteiger partial charge in [0.1, 0.15) is 12.2 Å². The molecule has 0 aliphatic carbocycles. The van der Waals surface area contributed by atoms with Crippen LogP contribution in [0.1, 0.15) is 24.4 Å². The van der Waals surface area contributed by atoms with E-state index in [1.807, 2.05) is 25.1 Å². The summed E-state index contributed by atoms with van der Waals surface area (Å²) in [7, 11) is 0. The number of carbonyl (C=O) groups excluding carboxylic acids is 1. The first-order valence-electron chi connectivity index (χ1n) is 5.75. The van der Waals surface area contributed by atoms with Crippen LogP contribution in [0.15, 0.2) is 36.7 Å². The molecule has 0 aliphatic heterocycles. The van der Waals surface area contributed by atoms with Gasteiger partial charge in [-0.05, 0) is 24.6 Å². The van der Waals surface area contributed by atoms with Gasteiger partial charge in [-0.1, -0.05) is 29.8 Å². The zero-order chi connectivity index (χ0) is 13.7. The lowest BCUT2D eigenvalue weighted by atomic mass is 10.2. The predicted octanol–water partition coefficient (Wildman–Crippen LogP) is 2.35. The van der Waals surface area contributed by atoms with Crippen LogP contribution in [0.4, 0.5) is 0 Å². The number of hydrogen-bond acceptors (Lipinski definition) is 3. The summed E-state index contributed by atoms with van der Waals surface area (Å²) in [6, 6.07) is 7.08. The number of benzene rings is 1. The minimum atomic E-state index is -0.231. The van der Waals surface area contributed by atoms with Gasteiger partial charge in [0, 0.05) is 11.1 Å². The maximum atomic E-state index is 11.7. The molecule has 19 heavy (non-hydrogen) atoms. The van der Waals surface area contributed by atoms with Crippen molar-refractivity contribution >= 4 is 23.6 Å². The van der Waals surface area contributed by atoms with Gasteiger partial charge in [0.15, 0.2) is 0 Å². The van der Waals surface area contributed by atoms with Gasteiger partial charge in [-0.15, -0.1) is 0 Å². The van der Waals surface area contributed by atoms with Crippen molar-refractivity contribution < 1.29 is 4.79 Å². The van der Waals surface area contributed by atoms with Crippen molar-refractivity contribution in [3.63, 3.8) is 0 Å². The standard InChI is InChI=1S/C13H13ClN4O/c1-9(13-15-8-16-18-13)17-12(19)7-6-10-4-2-3-5-11(10)14/h2-9H,1H3,(H,17,19)(H,15,16,18)/b7-6+. The van der Waals surface area contributed by atoms with Crippen LogP contribution < -0.4 is 5.32 Å². The molecule has 1 atom stereocenters. The van der Waals surface area contributed by atoms with E-state index in [-0.39, 0.29) is 11.9 Å². The third-order valence-corrected chi connectivity index (χ3v) is 2.87. The number of hydrogen-bond donors (Lipinski definition) is 2. The Morgan fingerprint density at radius 1 is 1.47 bits per heavy atom. The van der Waals surface area contributed by atoms with Crippen LogP contribution in [-0.4, -0.2) is 21.1 Å². The molecule has 1 aromatic heterocycles. The summed E-state index contributed by atoms with van der Waals surface area (Å²) < 4.78 is 0. The van der Waals surface area contributed by atoms with E-state index in [9.17, 15) is 4.79 Å². The first-order chi connectivity index (χ1) is 9.16. The van der Waals surface area contributed by atoms with Crippen LogP contribution in [0.25, 0.3) is 6.08 Å². The van der Waals surface area contributed by atoms with E-state index in [0.717, 1.165) is 5.56 Å². The topological polar surface area (TPSA) is 70.7 Å². The number of amides is 1. The third kappa shape index (κ3) is 3.66. The zero-order valence-electron chi connectivity index (χ0n) is 10.3. The molecule has 2 aromatic rings. The molecule has 1 amide bonds. The Hall–Kier alpha value is -2.14. The number of halogens is 1. The number of H-pyrrole nitrogens is 1. The Bertz CT molecular complexity index is 580. The smallest absolute Gasteiger partial charge is 0.244 e. The van der Waals surface area contributed by atoms with Crippen LogP contribution in [0.5, 0.6) is 0 Å². The van der Waals surface area contributed by atoms with Gasteiger partial charge in [0.25, 0.3) is 0 Å². The Balaban J connectivity index is 1.96. The molecule has 0 fully saturated rings. The van der Waals surface area contributed by atoms with E-state index in [2.05, 4.69) is 20.5 Å². The summed E-state index contributed by atoms with van der Waals surface area (Å²) in [6.07, 6.45) is 4.51. The summed E-state index contributed by atoms with van der Waals surface area (Å²) in [5.74, 6) is 0.392. The fourth-order valence-corrected chi connectivity index (χ4v) is 1.73. The lowest BCUT2D eigenvalue weighted by Crippen LogP contribution is -2.25. The number of rotatable bonds is 4. The Kier molecular flexibility index (Phi) is 4.30. The van der Waals surface area contributed by atoms with E-state index in [1.165, 1.54) is 12.4 Å². The second-order valence-corrected chi connectivity index (χ2v) is 4.36. The second-order valence-electron chi connectivity index (χ2n) is 3.96. The van der Waals surface area contributed by atoms with Gasteiger partial charge in [-0.2, -0.15) is 5.10 Å². The monoisotopic (exact) mass is 276 g/mol. The summed E-state index contributed by atoms with van der Waals surface area (Å²) in [5.41, 5.74) is 0.798. The summed E-state index contributed by atoms with van der Waals surface area (Å²) >= 11 is 5.99. The minimum absolute atomic E-state index is 0.219. The fourth-order valence-electron chi connectivity index (χ4n) is 1.53. The second kappa shape index (κ2) is 6.15. The fraction of sp³-hybridized carbons (Fsp3) is 0.154. The Labute approximate surface area is 115 Å². The molecule has 98 valence electrons. The Morgan fingerprint density at radius 2 is 2.26 bits per heavy atom. The van der Waals surface area contributed by atoms with E-state index >= 15 is 0 Å². The Morgan fingerprint density at radius 3 is 2.95 bits per heavy atom. The highest BCUT2D eigenvalue weighted by Crippen LogP contribution is 2.16. The normalized spacial score (nSPS) is 12.5. The van der Waals surface area contributed by atoms with Gasteiger partial charge in [0.2, 0.25) is 5.91 Å². The molecule has 1 aromatic carbocycles. The number of nitrogens with zero attached hydrogens (tertiary/aromatic N) is 2. The van der Waals surface area contributed by atoms with Crippen molar-refractivity contribution in [1.29, 1.82) is 0 Å². The van der Waals surface area contributed by atoms with Crippen molar-refractivity contribution in [2.75, 3.05) is 0 Å². The minimum Gasteiger partial charge on any atom is -0.343 e. The van der Waals surface area contributed by atoms with Crippen LogP contribution in [-0.2, 0) is 4.79 Å². The zero-order valence-corrected chi connectivity index (χ0v) is 11.1. The number of aromatic nitrogens is 3. The maximum Gasteiger partial charge on any atom is 0.244 e. The van der Waals surface area contributed by atoms with Crippen molar-refractivity contribution in [1.82, 2.24) is 20.5 Å². The van der Waals surface area contributed by atoms with Crippen molar-refractivity contribution in [3.05, 3.63) is 53.1 Å². The summed E-state index contributed by atoms with van der Waals surface area (Å²) in [6.45, 7) is 1.82. The van der Waals surface area contributed by atoms with Gasteiger partial charge in [-0.3, -0.25) is 9.89 Å². The van der Waals surface area contributed by atoms with Gasteiger partial charge in [0.05, 0.1) is 6.04 Å². The third-order valence-electron chi connectivity index (χ3n) is 2.52. The average molecular weight is 277 g/mol. The number of aromatic amines is 1. The highest BCUT2D eigenvalue weighted by molar-refractivity contribution is 6.32. The molecule has 2 N–H and O–H groups in total. The van der Waals surface area contributed by atoms with Gasteiger partial charge < -0.3 is 5.32 Å². The highest BCUT2D eigenvalue weighted by atomic mass is 35.5. The molecule has 6 heteroatoms. The van der Waals surface area contributed by atoms with Crippen molar-refractivity contribution in [2.24, 2.45) is 0 Å². The molecule has 1 heterocycles. The van der Waals surface area contributed by atoms with Gasteiger partial charge >= 0.3 is 0 Å². The molecule has 0 aliphatic rings. The molecule has 0 radical (unpaired) electrons. The molecule has 0 saturated heterocycles. The van der Waals surface area contributed by atoms with Crippen LogP contribution >= 0.6 is 11.6 Å². The largest absolute Gasteiger partial charge is 0.343 e. The maximum absolute atomic E-state index is 11.7. The first kappa shape index (κ1) is 13.3. The lowest BCUT2D eigenvalue weighted by Gasteiger charge is -2.08. The quantitative estimate of drug-likeness (QED) is 0.842. The van der Waals surface area contributed by atoms with E-state index in [1.54, 1.807) is 12.1 Å². The highest BCUT2D eigenvalue weighted by Gasteiger charge is 2.09. The molecule has 0 saturated carbocycles. The average Bonchev–Trinajstić information content (AvgIpc) is 2.91. The molecule has 5 nitrogen and oxygen atoms in total. The SMILES string of the molecule is CC(NC(=O)/C=C/c1ccccc1Cl)c1ncn[nH]1. The molecule has 2 rings (SSSR count). The predicted molar refractivity (Wildman–Crippen MR) is 73.4 cm³/mol. The summed E-state index contributed by atoms with van der Waals surface area (Å²) in [5, 5.41) is 9.81. The number of nitrogens with one attached hydrogen (secondary N) is 2. The molecular formula is C13H13ClN4O. The van der Waals surface area contributed by atoms with E-state index in [0.29, 0.717) is 10.8 Å². The number of carbonyl (C=O) groups is 1.